The number of hydrogen-bond acceptors (Lipinski definition) is 0. The second-order valence-electron chi connectivity index (χ2n) is 23.9. The van der Waals surface area contributed by atoms with Gasteiger partial charge in [-0.05, 0) is 75.2 Å². The molecule has 0 saturated carbocycles. The van der Waals surface area contributed by atoms with Crippen LogP contribution in [0.4, 0.5) is 0 Å². The highest BCUT2D eigenvalue weighted by Crippen LogP contribution is 2.46. The first kappa shape index (κ1) is 46.3. The second-order valence-corrected chi connectivity index (χ2v) is 57.7. The Morgan fingerprint density at radius 3 is 0.673 bits per heavy atom. The molecule has 0 heterocycles. The third-order valence-corrected chi connectivity index (χ3v) is 32.6. The highest BCUT2D eigenvalue weighted by Gasteiger charge is 2.56. The zero-order chi connectivity index (χ0) is 42.6. The van der Waals surface area contributed by atoms with Crippen LogP contribution < -0.4 is 46.7 Å². The Hall–Kier alpha value is -1.34. The maximum atomic E-state index is 2.77. The Morgan fingerprint density at radius 1 is 0.291 bits per heavy atom. The molecule has 0 N–H and O–H groups in total. The first-order valence-electron chi connectivity index (χ1n) is 21.3. The number of rotatable bonds is 10. The van der Waals surface area contributed by atoms with Crippen molar-refractivity contribution in [2.75, 3.05) is 0 Å². The topological polar surface area (TPSA) is 0 Å². The molecular weight excluding hydrogens is 773 g/mol. The molecule has 55 heavy (non-hydrogen) atoms. The Bertz CT molecular complexity index is 1850. The van der Waals surface area contributed by atoms with Crippen LogP contribution in [0.3, 0.4) is 0 Å². The summed E-state index contributed by atoms with van der Waals surface area (Å²) in [4.78, 5) is 0. The van der Waals surface area contributed by atoms with Crippen molar-refractivity contribution in [3.8, 4) is 0 Å². The van der Waals surface area contributed by atoms with E-state index in [1.807, 2.05) is 15.6 Å². The molecule has 3 aromatic rings. The van der Waals surface area contributed by atoms with Gasteiger partial charge in [0.25, 0.3) is 0 Å². The van der Waals surface area contributed by atoms with Crippen molar-refractivity contribution >= 4 is 103 Å². The molecular formula is C48H82Si7. The van der Waals surface area contributed by atoms with E-state index in [0.29, 0.717) is 5.54 Å². The monoisotopic (exact) mass is 854 g/mol. The summed E-state index contributed by atoms with van der Waals surface area (Å²) in [6.07, 6.45) is 0. The average Bonchev–Trinajstić information content (AvgIpc) is 3.17. The summed E-state index contributed by atoms with van der Waals surface area (Å²) in [5, 5.41) is 16.2. The van der Waals surface area contributed by atoms with Crippen molar-refractivity contribution in [1.29, 1.82) is 0 Å². The van der Waals surface area contributed by atoms with Crippen LogP contribution in [0.15, 0.2) is 58.7 Å². The average molecular weight is 856 g/mol. The summed E-state index contributed by atoms with van der Waals surface area (Å²) < 4.78 is 0. The van der Waals surface area contributed by atoms with Gasteiger partial charge in [-0.15, -0.1) is 0 Å². The maximum Gasteiger partial charge on any atom is 0.158 e. The van der Waals surface area contributed by atoms with Crippen LogP contribution >= 0.6 is 0 Å². The summed E-state index contributed by atoms with van der Waals surface area (Å²) in [6.45, 7) is 65.3. The third kappa shape index (κ3) is 8.04. The highest BCUT2D eigenvalue weighted by atomic mass is 28.3. The number of aryl methyl sites for hydroxylation is 3. The van der Waals surface area contributed by atoms with Crippen LogP contribution in [0, 0.1) is 20.8 Å². The van der Waals surface area contributed by atoms with Crippen LogP contribution in [0.2, 0.25) is 123 Å². The van der Waals surface area contributed by atoms with Gasteiger partial charge in [-0.1, -0.05) is 213 Å². The summed E-state index contributed by atoms with van der Waals surface area (Å²) in [5.74, 6) is 0. The van der Waals surface area contributed by atoms with Gasteiger partial charge in [-0.25, -0.2) is 0 Å². The molecule has 0 nitrogen and oxygen atoms in total. The van der Waals surface area contributed by atoms with Gasteiger partial charge in [0.05, 0.1) is 48.4 Å². The van der Waals surface area contributed by atoms with Crippen LogP contribution in [-0.2, 0) is 0 Å². The van der Waals surface area contributed by atoms with Gasteiger partial charge < -0.3 is 0 Å². The normalized spacial score (nSPS) is 15.9. The minimum Gasteiger partial charge on any atom is -0.0656 e. The zero-order valence-corrected chi connectivity index (χ0v) is 47.5. The number of benzene rings is 3. The van der Waals surface area contributed by atoms with Gasteiger partial charge in [-0.2, -0.15) is 0 Å². The van der Waals surface area contributed by atoms with Crippen molar-refractivity contribution in [2.24, 2.45) is 0 Å². The van der Waals surface area contributed by atoms with Crippen molar-refractivity contribution in [3.05, 3.63) is 75.4 Å². The molecule has 1 aliphatic rings. The first-order valence-corrected chi connectivity index (χ1v) is 44.4. The van der Waals surface area contributed by atoms with Gasteiger partial charge in [0.15, 0.2) is 8.07 Å². The summed E-state index contributed by atoms with van der Waals surface area (Å²) in [5.41, 5.74) is 11.4. The highest BCUT2D eigenvalue weighted by molar-refractivity contribution is 7.22. The fraction of sp³-hybridized carbons (Fsp3) is 0.542. The Morgan fingerprint density at radius 2 is 0.491 bits per heavy atom. The Balaban J connectivity index is 2.74. The van der Waals surface area contributed by atoms with Crippen molar-refractivity contribution in [2.45, 2.75) is 172 Å². The van der Waals surface area contributed by atoms with Crippen molar-refractivity contribution in [1.82, 2.24) is 0 Å². The van der Waals surface area contributed by atoms with Crippen LogP contribution in [-0.4, -0.2) is 56.5 Å². The molecule has 0 fully saturated rings. The molecule has 0 radical (unpaired) electrons. The van der Waals surface area contributed by atoms with E-state index in [1.54, 1.807) is 53.4 Å². The molecule has 3 aromatic carbocycles. The largest absolute Gasteiger partial charge is 0.158 e. The van der Waals surface area contributed by atoms with Crippen LogP contribution in [0.5, 0.6) is 0 Å². The summed E-state index contributed by atoms with van der Waals surface area (Å²) >= 11 is 0. The number of hydrogen-bond donors (Lipinski definition) is 0. The predicted octanol–water partition coefficient (Wildman–Crippen LogP) is 9.41. The van der Waals surface area contributed by atoms with Gasteiger partial charge in [0, 0.05) is 5.54 Å². The lowest BCUT2D eigenvalue weighted by molar-refractivity contribution is 1.09. The van der Waals surface area contributed by atoms with E-state index >= 15 is 0 Å². The van der Waals surface area contributed by atoms with Crippen molar-refractivity contribution < 1.29 is 0 Å². The SMILES string of the molecule is CC1=C(C)C([Si](c2ccc(C)c([Si](C)(C)C)c2[Si](C)(C)C)(c2ccc(C)c([Si](C)(C)C)c2[Si](C)(C)C)c2ccc(C)c([Si](C)(C)C)c2[Si](C)(C)C)C(C)=C1C. The maximum absolute atomic E-state index is 3.01. The minimum atomic E-state index is -3.01. The van der Waals surface area contributed by atoms with Gasteiger partial charge >= 0.3 is 0 Å². The summed E-state index contributed by atoms with van der Waals surface area (Å²) in [6, 6.07) is 16.2. The number of allylic oxidation sites excluding steroid dienone is 4. The molecule has 4 rings (SSSR count). The van der Waals surface area contributed by atoms with E-state index in [9.17, 15) is 0 Å². The first-order chi connectivity index (χ1) is 24.5. The minimum absolute atomic E-state index is 0.374. The molecule has 0 bridgehead atoms. The summed E-state index contributed by atoms with van der Waals surface area (Å²) in [7, 11) is -14.2. The molecule has 1 aliphatic carbocycles. The van der Waals surface area contributed by atoms with E-state index < -0.39 is 56.5 Å². The molecule has 0 unspecified atom stereocenters. The van der Waals surface area contributed by atoms with Crippen LogP contribution in [0.1, 0.15) is 44.4 Å². The molecule has 0 aliphatic heterocycles. The molecule has 7 heteroatoms. The van der Waals surface area contributed by atoms with E-state index in [2.05, 4.69) is 203 Å². The van der Waals surface area contributed by atoms with E-state index in [1.165, 1.54) is 16.7 Å². The van der Waals surface area contributed by atoms with Crippen LogP contribution in [0.25, 0.3) is 0 Å². The van der Waals surface area contributed by atoms with Gasteiger partial charge in [0.1, 0.15) is 0 Å². The fourth-order valence-corrected chi connectivity index (χ4v) is 41.6. The molecule has 0 aromatic heterocycles. The lowest BCUT2D eigenvalue weighted by Gasteiger charge is -2.50. The quantitative estimate of drug-likeness (QED) is 0.141. The molecule has 0 spiro atoms. The fourth-order valence-electron chi connectivity index (χ4n) is 11.2. The zero-order valence-electron chi connectivity index (χ0n) is 40.5. The molecule has 302 valence electrons. The van der Waals surface area contributed by atoms with Crippen molar-refractivity contribution in [3.63, 3.8) is 0 Å². The Kier molecular flexibility index (Phi) is 12.4. The molecule has 0 saturated heterocycles. The predicted molar refractivity (Wildman–Crippen MR) is 277 cm³/mol. The molecule has 0 amide bonds. The van der Waals surface area contributed by atoms with E-state index in [0.717, 1.165) is 0 Å². The lowest BCUT2D eigenvalue weighted by atomic mass is 10.1. The smallest absolute Gasteiger partial charge is 0.0656 e. The second kappa shape index (κ2) is 14.7. The van der Waals surface area contributed by atoms with E-state index in [4.69, 9.17) is 0 Å². The third-order valence-electron chi connectivity index (χ3n) is 13.1. The molecule has 0 atom stereocenters. The van der Waals surface area contributed by atoms with Gasteiger partial charge in [-0.3, -0.25) is 0 Å². The Labute approximate surface area is 348 Å². The van der Waals surface area contributed by atoms with Gasteiger partial charge in [0.2, 0.25) is 0 Å². The van der Waals surface area contributed by atoms with E-state index in [-0.39, 0.29) is 0 Å². The standard InChI is InChI=1S/C48H82Si7/c1-32-26-29-39(46(52(17,18)19)42(32)49(8,9)10)55(45-37(6)35(4)36(5)38(45)7,40-30-27-33(2)43(50(11,12)13)47(40)53(20,21)22)41-31-28-34(3)44(51(14,15)16)48(41)54(23,24)25/h26-31,45H,1-25H3. The lowest BCUT2D eigenvalue weighted by Crippen LogP contribution is -2.85.